The van der Waals surface area contributed by atoms with Gasteiger partial charge in [-0.05, 0) is 35.7 Å². The number of hydrogen-bond donors (Lipinski definition) is 1. The van der Waals surface area contributed by atoms with Gasteiger partial charge >= 0.3 is 0 Å². The van der Waals surface area contributed by atoms with Crippen molar-refractivity contribution in [2.45, 2.75) is 26.4 Å². The van der Waals surface area contributed by atoms with Gasteiger partial charge in [0.05, 0.1) is 19.8 Å². The molecule has 1 N–H and O–H groups in total. The number of rotatable bonds is 8. The van der Waals surface area contributed by atoms with Crippen molar-refractivity contribution in [3.05, 3.63) is 65.2 Å². The molecule has 2 aromatic rings. The van der Waals surface area contributed by atoms with Gasteiger partial charge in [0.1, 0.15) is 5.75 Å². The van der Waals surface area contributed by atoms with Crippen molar-refractivity contribution in [2.75, 3.05) is 32.9 Å². The van der Waals surface area contributed by atoms with Crippen LogP contribution in [0.15, 0.2) is 48.5 Å². The van der Waals surface area contributed by atoms with Crippen molar-refractivity contribution in [3.8, 4) is 5.75 Å². The fourth-order valence-electron chi connectivity index (χ4n) is 3.01. The number of ether oxygens (including phenoxy) is 2. The minimum Gasteiger partial charge on any atom is -0.494 e. The van der Waals surface area contributed by atoms with Crippen LogP contribution in [-0.2, 0) is 17.8 Å². The zero-order valence-electron chi connectivity index (χ0n) is 15.9. The van der Waals surface area contributed by atoms with Crippen molar-refractivity contribution in [1.29, 1.82) is 0 Å². The van der Waals surface area contributed by atoms with E-state index in [9.17, 15) is 4.79 Å². The molecule has 0 atom stereocenters. The van der Waals surface area contributed by atoms with E-state index in [1.807, 2.05) is 12.1 Å². The van der Waals surface area contributed by atoms with Crippen LogP contribution in [0.1, 0.15) is 34.8 Å². The topological polar surface area (TPSA) is 50.8 Å². The van der Waals surface area contributed by atoms with Crippen LogP contribution in [0.4, 0.5) is 0 Å². The molecule has 27 heavy (non-hydrogen) atoms. The van der Waals surface area contributed by atoms with Gasteiger partial charge in [-0.15, -0.1) is 0 Å². The van der Waals surface area contributed by atoms with E-state index in [2.05, 4.69) is 41.4 Å². The highest BCUT2D eigenvalue weighted by Crippen LogP contribution is 2.14. The first-order chi connectivity index (χ1) is 13.2. The molecule has 0 saturated carbocycles. The van der Waals surface area contributed by atoms with Gasteiger partial charge < -0.3 is 14.8 Å². The maximum Gasteiger partial charge on any atom is 0.251 e. The highest BCUT2D eigenvalue weighted by molar-refractivity contribution is 5.94. The zero-order valence-corrected chi connectivity index (χ0v) is 15.9. The van der Waals surface area contributed by atoms with Gasteiger partial charge in [0.15, 0.2) is 0 Å². The monoisotopic (exact) mass is 368 g/mol. The first kappa shape index (κ1) is 19.4. The number of nitrogens with one attached hydrogen (secondary N) is 1. The largest absolute Gasteiger partial charge is 0.494 e. The van der Waals surface area contributed by atoms with Crippen LogP contribution in [0.25, 0.3) is 0 Å². The smallest absolute Gasteiger partial charge is 0.251 e. The molecule has 0 aromatic heterocycles. The number of hydrogen-bond acceptors (Lipinski definition) is 4. The molecule has 0 bridgehead atoms. The first-order valence-electron chi connectivity index (χ1n) is 9.63. The lowest BCUT2D eigenvalue weighted by molar-refractivity contribution is 0.0342. The Kier molecular flexibility index (Phi) is 7.25. The quantitative estimate of drug-likeness (QED) is 0.777. The molecule has 5 heteroatoms. The molecule has 1 heterocycles. The predicted octanol–water partition coefficient (Wildman–Crippen LogP) is 3.24. The van der Waals surface area contributed by atoms with E-state index in [0.717, 1.165) is 50.6 Å². The standard InChI is InChI=1S/C22H28N2O3/c1-2-12-27-21-5-3-4-20(15-21)22(25)23-16-18-6-8-19(9-7-18)17-24-10-13-26-14-11-24/h3-9,15H,2,10-14,16-17H2,1H3,(H,23,25). The van der Waals surface area contributed by atoms with Crippen LogP contribution in [0.2, 0.25) is 0 Å². The minimum absolute atomic E-state index is 0.0886. The fraction of sp³-hybridized carbons (Fsp3) is 0.409. The Bertz CT molecular complexity index is 725. The summed E-state index contributed by atoms with van der Waals surface area (Å²) >= 11 is 0. The third-order valence-corrected chi connectivity index (χ3v) is 4.56. The van der Waals surface area contributed by atoms with Crippen LogP contribution < -0.4 is 10.1 Å². The van der Waals surface area contributed by atoms with E-state index >= 15 is 0 Å². The summed E-state index contributed by atoms with van der Waals surface area (Å²) in [6.45, 7) is 7.77. The Morgan fingerprint density at radius 2 is 1.85 bits per heavy atom. The molecule has 1 aliphatic rings. The van der Waals surface area contributed by atoms with Gasteiger partial charge in [-0.25, -0.2) is 0 Å². The molecule has 5 nitrogen and oxygen atoms in total. The highest BCUT2D eigenvalue weighted by atomic mass is 16.5. The Morgan fingerprint density at radius 3 is 2.59 bits per heavy atom. The fourth-order valence-corrected chi connectivity index (χ4v) is 3.01. The third kappa shape index (κ3) is 6.08. The van der Waals surface area contributed by atoms with Crippen LogP contribution >= 0.6 is 0 Å². The molecule has 1 saturated heterocycles. The van der Waals surface area contributed by atoms with Gasteiger partial charge in [-0.1, -0.05) is 37.3 Å². The summed E-state index contributed by atoms with van der Waals surface area (Å²) in [6.07, 6.45) is 0.942. The van der Waals surface area contributed by atoms with E-state index in [-0.39, 0.29) is 5.91 Å². The summed E-state index contributed by atoms with van der Waals surface area (Å²) < 4.78 is 11.0. The number of amides is 1. The normalized spacial score (nSPS) is 14.7. The van der Waals surface area contributed by atoms with Crippen molar-refractivity contribution >= 4 is 5.91 Å². The highest BCUT2D eigenvalue weighted by Gasteiger charge is 2.11. The SMILES string of the molecule is CCCOc1cccc(C(=O)NCc2ccc(CN3CCOCC3)cc2)c1. The number of nitrogens with zero attached hydrogens (tertiary/aromatic N) is 1. The lowest BCUT2D eigenvalue weighted by Crippen LogP contribution is -2.35. The van der Waals surface area contributed by atoms with E-state index < -0.39 is 0 Å². The van der Waals surface area contributed by atoms with Crippen molar-refractivity contribution in [2.24, 2.45) is 0 Å². The van der Waals surface area contributed by atoms with Crippen molar-refractivity contribution in [1.82, 2.24) is 10.2 Å². The Hall–Kier alpha value is -2.37. The molecule has 0 spiro atoms. The summed E-state index contributed by atoms with van der Waals surface area (Å²) in [4.78, 5) is 14.8. The molecular weight excluding hydrogens is 340 g/mol. The Balaban J connectivity index is 1.49. The maximum atomic E-state index is 12.4. The van der Waals surface area contributed by atoms with E-state index in [1.165, 1.54) is 5.56 Å². The third-order valence-electron chi connectivity index (χ3n) is 4.56. The van der Waals surface area contributed by atoms with Crippen LogP contribution in [0, 0.1) is 0 Å². The van der Waals surface area contributed by atoms with Crippen LogP contribution in [-0.4, -0.2) is 43.7 Å². The number of carbonyl (C=O) groups excluding carboxylic acids is 1. The average Bonchev–Trinajstić information content (AvgIpc) is 2.72. The van der Waals surface area contributed by atoms with E-state index in [1.54, 1.807) is 12.1 Å². The summed E-state index contributed by atoms with van der Waals surface area (Å²) in [5.41, 5.74) is 2.99. The first-order valence-corrected chi connectivity index (χ1v) is 9.63. The van der Waals surface area contributed by atoms with Gasteiger partial charge in [0.2, 0.25) is 0 Å². The Morgan fingerprint density at radius 1 is 1.11 bits per heavy atom. The van der Waals surface area contributed by atoms with Gasteiger partial charge in [0, 0.05) is 31.7 Å². The number of carbonyl (C=O) groups is 1. The zero-order chi connectivity index (χ0) is 18.9. The number of benzene rings is 2. The van der Waals surface area contributed by atoms with Gasteiger partial charge in [0.25, 0.3) is 5.91 Å². The second-order valence-corrected chi connectivity index (χ2v) is 6.76. The molecule has 3 rings (SSSR count). The van der Waals surface area contributed by atoms with Gasteiger partial charge in [-0.3, -0.25) is 9.69 Å². The lowest BCUT2D eigenvalue weighted by atomic mass is 10.1. The molecule has 2 aromatic carbocycles. The molecule has 0 aliphatic carbocycles. The molecule has 144 valence electrons. The van der Waals surface area contributed by atoms with Crippen LogP contribution in [0.5, 0.6) is 5.75 Å². The predicted molar refractivity (Wildman–Crippen MR) is 106 cm³/mol. The number of morpholine rings is 1. The van der Waals surface area contributed by atoms with E-state index in [0.29, 0.717) is 18.7 Å². The van der Waals surface area contributed by atoms with Crippen LogP contribution in [0.3, 0.4) is 0 Å². The lowest BCUT2D eigenvalue weighted by Gasteiger charge is -2.26. The molecular formula is C22H28N2O3. The molecule has 1 aliphatic heterocycles. The van der Waals surface area contributed by atoms with Crippen molar-refractivity contribution in [3.63, 3.8) is 0 Å². The summed E-state index contributed by atoms with van der Waals surface area (Å²) in [7, 11) is 0. The second kappa shape index (κ2) is 10.1. The van der Waals surface area contributed by atoms with Crippen molar-refractivity contribution < 1.29 is 14.3 Å². The average molecular weight is 368 g/mol. The molecule has 0 radical (unpaired) electrons. The van der Waals surface area contributed by atoms with E-state index in [4.69, 9.17) is 9.47 Å². The summed E-state index contributed by atoms with van der Waals surface area (Å²) in [5, 5.41) is 2.98. The molecule has 1 amide bonds. The van der Waals surface area contributed by atoms with Gasteiger partial charge in [-0.2, -0.15) is 0 Å². The maximum absolute atomic E-state index is 12.4. The summed E-state index contributed by atoms with van der Waals surface area (Å²) in [5.74, 6) is 0.645. The second-order valence-electron chi connectivity index (χ2n) is 6.76. The Labute approximate surface area is 161 Å². The summed E-state index contributed by atoms with van der Waals surface area (Å²) in [6, 6.07) is 15.7. The minimum atomic E-state index is -0.0886. The molecule has 0 unspecified atom stereocenters. The molecule has 1 fully saturated rings.